The molecule has 15 heteroatoms. The Morgan fingerprint density at radius 3 is 2.55 bits per heavy atom. The first-order valence-corrected chi connectivity index (χ1v) is 12.1. The average molecular weight is 551 g/mol. The molecule has 2 unspecified atom stereocenters. The van der Waals surface area contributed by atoms with Gasteiger partial charge in [0.05, 0.1) is 40.0 Å². The Kier molecular flexibility index (Phi) is 6.58. The van der Waals surface area contributed by atoms with Crippen molar-refractivity contribution in [3.8, 4) is 5.75 Å². The molecular weight excluding hydrogens is 529 g/mol. The fourth-order valence-electron chi connectivity index (χ4n) is 4.05. The number of aromatic nitrogens is 3. The Morgan fingerprint density at radius 1 is 1.11 bits per heavy atom. The van der Waals surface area contributed by atoms with Gasteiger partial charge in [-0.25, -0.2) is 9.97 Å². The highest BCUT2D eigenvalue weighted by atomic mass is 32.1. The van der Waals surface area contributed by atoms with Gasteiger partial charge in [0.2, 0.25) is 11.9 Å². The average Bonchev–Trinajstić information content (AvgIpc) is 3.50. The fraction of sp³-hybridized carbons (Fsp3) is 0.304. The highest BCUT2D eigenvalue weighted by Crippen LogP contribution is 2.33. The molecule has 5 rings (SSSR count). The number of hydrogen-bond donors (Lipinski definition) is 4. The van der Waals surface area contributed by atoms with Crippen LogP contribution in [-0.2, 0) is 11.8 Å². The standard InChI is InChI=1S/C23H21F3N6O5S/c1-31-15-5-2-11(20(36)27-8-19(35)32-9-16(33)17(34)10-32)6-14(15)28-21(31)30-22-29-13-4-3-12(7-18(13)38-22)37-23(24,25)26/h2-7,16-17,33-34H,8-10H2,1H3,(H,27,36)(H,28,29,30). The number of carbonyl (C=O) groups excluding carboxylic acids is 2. The van der Waals surface area contributed by atoms with Crippen LogP contribution in [0.15, 0.2) is 36.4 Å². The number of aryl methyl sites for hydroxylation is 1. The number of benzene rings is 2. The van der Waals surface area contributed by atoms with Crippen molar-refractivity contribution in [2.24, 2.45) is 7.05 Å². The minimum Gasteiger partial charge on any atom is -0.406 e. The highest BCUT2D eigenvalue weighted by Gasteiger charge is 2.33. The summed E-state index contributed by atoms with van der Waals surface area (Å²) in [6.45, 7) is -0.288. The smallest absolute Gasteiger partial charge is 0.406 e. The lowest BCUT2D eigenvalue weighted by Gasteiger charge is -2.15. The van der Waals surface area contributed by atoms with Gasteiger partial charge in [0, 0.05) is 31.8 Å². The summed E-state index contributed by atoms with van der Waals surface area (Å²) in [6.07, 6.45) is -6.81. The van der Waals surface area contributed by atoms with Gasteiger partial charge in [-0.3, -0.25) is 9.59 Å². The molecule has 4 N–H and O–H groups in total. The molecule has 1 fully saturated rings. The topological polar surface area (TPSA) is 142 Å². The van der Waals surface area contributed by atoms with E-state index in [9.17, 15) is 33.0 Å². The maximum Gasteiger partial charge on any atom is 0.573 e. The summed E-state index contributed by atoms with van der Waals surface area (Å²) in [4.78, 5) is 35.0. The summed E-state index contributed by atoms with van der Waals surface area (Å²) in [5.41, 5.74) is 1.94. The molecule has 2 aromatic heterocycles. The van der Waals surface area contributed by atoms with Crippen molar-refractivity contribution in [2.45, 2.75) is 18.6 Å². The van der Waals surface area contributed by atoms with E-state index in [1.807, 2.05) is 0 Å². The van der Waals surface area contributed by atoms with E-state index in [0.29, 0.717) is 32.3 Å². The zero-order chi connectivity index (χ0) is 27.2. The third-order valence-corrected chi connectivity index (χ3v) is 6.90. The Balaban J connectivity index is 1.28. The molecule has 1 saturated heterocycles. The second-order valence-corrected chi connectivity index (χ2v) is 9.67. The van der Waals surface area contributed by atoms with Crippen LogP contribution in [0.3, 0.4) is 0 Å². The minimum absolute atomic E-state index is 0.00268. The number of hydrogen-bond acceptors (Lipinski definition) is 9. The Bertz CT molecular complexity index is 1530. The second-order valence-electron chi connectivity index (χ2n) is 8.64. The Morgan fingerprint density at radius 2 is 1.84 bits per heavy atom. The van der Waals surface area contributed by atoms with Crippen LogP contribution >= 0.6 is 11.3 Å². The van der Waals surface area contributed by atoms with E-state index in [4.69, 9.17) is 0 Å². The molecule has 0 aliphatic carbocycles. The third-order valence-electron chi connectivity index (χ3n) is 5.97. The van der Waals surface area contributed by atoms with E-state index in [-0.39, 0.29) is 30.9 Å². The zero-order valence-corrected chi connectivity index (χ0v) is 20.5. The second kappa shape index (κ2) is 9.74. The van der Waals surface area contributed by atoms with Gasteiger partial charge < -0.3 is 35.1 Å². The molecule has 2 atom stereocenters. The number of aliphatic hydroxyl groups is 2. The van der Waals surface area contributed by atoms with Gasteiger partial charge >= 0.3 is 6.36 Å². The lowest BCUT2D eigenvalue weighted by atomic mass is 10.2. The maximum atomic E-state index is 12.6. The summed E-state index contributed by atoms with van der Waals surface area (Å²) < 4.78 is 43.7. The van der Waals surface area contributed by atoms with E-state index in [0.717, 1.165) is 11.3 Å². The third kappa shape index (κ3) is 5.34. The van der Waals surface area contributed by atoms with Crippen LogP contribution < -0.4 is 15.4 Å². The van der Waals surface area contributed by atoms with Crippen molar-refractivity contribution >= 4 is 55.5 Å². The van der Waals surface area contributed by atoms with Gasteiger partial charge in [-0.15, -0.1) is 13.2 Å². The first-order chi connectivity index (χ1) is 18.0. The van der Waals surface area contributed by atoms with Gasteiger partial charge in [0.15, 0.2) is 5.13 Å². The molecule has 2 amide bonds. The van der Waals surface area contributed by atoms with Gasteiger partial charge in [0.25, 0.3) is 5.91 Å². The van der Waals surface area contributed by atoms with E-state index in [2.05, 4.69) is 25.3 Å². The summed E-state index contributed by atoms with van der Waals surface area (Å²) >= 11 is 1.12. The van der Waals surface area contributed by atoms with Crippen molar-refractivity contribution in [1.82, 2.24) is 24.8 Å². The first-order valence-electron chi connectivity index (χ1n) is 11.3. The minimum atomic E-state index is -4.79. The van der Waals surface area contributed by atoms with Crippen LogP contribution in [0.25, 0.3) is 21.3 Å². The number of rotatable bonds is 6. The molecule has 0 saturated carbocycles. The quantitative estimate of drug-likeness (QED) is 0.286. The monoisotopic (exact) mass is 550 g/mol. The summed E-state index contributed by atoms with van der Waals surface area (Å²) in [5.74, 6) is -0.869. The van der Waals surface area contributed by atoms with Crippen LogP contribution in [0, 0.1) is 0 Å². The molecule has 11 nitrogen and oxygen atoms in total. The molecule has 0 bridgehead atoms. The molecule has 2 aromatic carbocycles. The van der Waals surface area contributed by atoms with Gasteiger partial charge in [-0.2, -0.15) is 0 Å². The lowest BCUT2D eigenvalue weighted by molar-refractivity contribution is -0.274. The molecule has 0 radical (unpaired) electrons. The number of ether oxygens (including phenoxy) is 1. The van der Waals surface area contributed by atoms with Gasteiger partial charge in [-0.05, 0) is 30.3 Å². The molecular formula is C23H21F3N6O5S. The number of likely N-dealkylation sites (tertiary alicyclic amines) is 1. The number of halogens is 3. The maximum absolute atomic E-state index is 12.6. The van der Waals surface area contributed by atoms with Crippen molar-refractivity contribution in [1.29, 1.82) is 0 Å². The van der Waals surface area contributed by atoms with Crippen molar-refractivity contribution in [2.75, 3.05) is 25.0 Å². The van der Waals surface area contributed by atoms with Crippen molar-refractivity contribution < 1.29 is 37.7 Å². The number of nitrogens with zero attached hydrogens (tertiary/aromatic N) is 4. The van der Waals surface area contributed by atoms with Crippen LogP contribution in [0.2, 0.25) is 0 Å². The van der Waals surface area contributed by atoms with Crippen molar-refractivity contribution in [3.63, 3.8) is 0 Å². The van der Waals surface area contributed by atoms with Crippen LogP contribution in [0.4, 0.5) is 24.3 Å². The van der Waals surface area contributed by atoms with Gasteiger partial charge in [-0.1, -0.05) is 11.3 Å². The fourth-order valence-corrected chi connectivity index (χ4v) is 4.93. The molecule has 1 aliphatic rings. The summed E-state index contributed by atoms with van der Waals surface area (Å²) in [7, 11) is 1.75. The number of anilines is 2. The largest absolute Gasteiger partial charge is 0.573 e. The van der Waals surface area contributed by atoms with E-state index in [1.165, 1.54) is 23.1 Å². The van der Waals surface area contributed by atoms with E-state index in [1.54, 1.807) is 29.8 Å². The zero-order valence-electron chi connectivity index (χ0n) is 19.7. The molecule has 38 heavy (non-hydrogen) atoms. The number of thiazole rings is 1. The SMILES string of the molecule is Cn1c(Nc2nc3ccc(OC(F)(F)F)cc3s2)nc2cc(C(=O)NCC(=O)N3CC(O)C(O)C3)ccc21. The Labute approximate surface area is 216 Å². The lowest BCUT2D eigenvalue weighted by Crippen LogP contribution is -2.39. The first kappa shape index (κ1) is 25.7. The van der Waals surface area contributed by atoms with E-state index >= 15 is 0 Å². The number of amides is 2. The van der Waals surface area contributed by atoms with Crippen LogP contribution in [0.5, 0.6) is 5.75 Å². The van der Waals surface area contributed by atoms with Crippen LogP contribution in [-0.4, -0.2) is 79.7 Å². The normalized spacial score (nSPS) is 17.8. The number of nitrogens with one attached hydrogen (secondary N) is 2. The number of carbonyl (C=O) groups is 2. The predicted octanol–water partition coefficient (Wildman–Crippen LogP) is 2.12. The van der Waals surface area contributed by atoms with E-state index < -0.39 is 30.4 Å². The molecule has 200 valence electrons. The number of fused-ring (bicyclic) bond motifs is 2. The molecule has 1 aliphatic heterocycles. The number of alkyl halides is 3. The van der Waals surface area contributed by atoms with Gasteiger partial charge in [0.1, 0.15) is 5.75 Å². The Hall–Kier alpha value is -3.95. The predicted molar refractivity (Wildman–Crippen MR) is 131 cm³/mol. The number of aliphatic hydroxyl groups excluding tert-OH is 2. The highest BCUT2D eigenvalue weighted by molar-refractivity contribution is 7.22. The summed E-state index contributed by atoms with van der Waals surface area (Å²) in [5, 5.41) is 25.2. The molecule has 4 aromatic rings. The molecule has 0 spiro atoms. The van der Waals surface area contributed by atoms with Crippen LogP contribution in [0.1, 0.15) is 10.4 Å². The number of β-amino-alcohol motifs (C(OH)–C–C–N with tert-alkyl or cyclic N) is 2. The molecule has 3 heterocycles. The summed E-state index contributed by atoms with van der Waals surface area (Å²) in [6, 6.07) is 8.70. The number of imidazole rings is 1. The van der Waals surface area contributed by atoms with Crippen molar-refractivity contribution in [3.05, 3.63) is 42.0 Å².